The second-order valence-corrected chi connectivity index (χ2v) is 6.09. The van der Waals surface area contributed by atoms with E-state index in [1.807, 2.05) is 13.8 Å². The molecule has 0 radical (unpaired) electrons. The van der Waals surface area contributed by atoms with Crippen molar-refractivity contribution in [1.29, 1.82) is 0 Å². The Morgan fingerprint density at radius 2 is 1.71 bits per heavy atom. The molecule has 0 aliphatic carbocycles. The van der Waals surface area contributed by atoms with Crippen molar-refractivity contribution >= 4 is 17.9 Å². The van der Waals surface area contributed by atoms with Crippen molar-refractivity contribution in [3.63, 3.8) is 0 Å². The van der Waals surface area contributed by atoms with Gasteiger partial charge >= 0.3 is 12.0 Å². The van der Waals surface area contributed by atoms with E-state index in [2.05, 4.69) is 10.1 Å². The summed E-state index contributed by atoms with van der Waals surface area (Å²) in [7, 11) is 1.32. The SMILES string of the molecule is CCCC1(CCC)NC(=O)N(Cc2ccc(C(=O)OC)cc2)C1=O. The number of nitrogens with one attached hydrogen (secondary N) is 1. The van der Waals surface area contributed by atoms with E-state index in [4.69, 9.17) is 0 Å². The molecule has 6 nitrogen and oxygen atoms in total. The zero-order chi connectivity index (χ0) is 17.7. The number of hydrogen-bond donors (Lipinski definition) is 1. The van der Waals surface area contributed by atoms with Gasteiger partial charge in [-0.3, -0.25) is 9.69 Å². The van der Waals surface area contributed by atoms with Crippen molar-refractivity contribution in [2.75, 3.05) is 7.11 Å². The summed E-state index contributed by atoms with van der Waals surface area (Å²) in [5.41, 5.74) is 0.451. The Kier molecular flexibility index (Phi) is 5.59. The maximum atomic E-state index is 12.8. The van der Waals surface area contributed by atoms with Gasteiger partial charge in [0.2, 0.25) is 0 Å². The standard InChI is InChI=1S/C18H24N2O4/c1-4-10-18(11-5-2)16(22)20(17(23)19-18)12-13-6-8-14(9-7-13)15(21)24-3/h6-9H,4-5,10-12H2,1-3H3,(H,19,23). The van der Waals surface area contributed by atoms with E-state index in [-0.39, 0.29) is 18.5 Å². The van der Waals surface area contributed by atoms with Crippen LogP contribution in [0.5, 0.6) is 0 Å². The van der Waals surface area contributed by atoms with E-state index in [0.29, 0.717) is 18.4 Å². The van der Waals surface area contributed by atoms with Gasteiger partial charge < -0.3 is 10.1 Å². The summed E-state index contributed by atoms with van der Waals surface area (Å²) in [4.78, 5) is 37.8. The van der Waals surface area contributed by atoms with Gasteiger partial charge in [-0.1, -0.05) is 38.8 Å². The number of methoxy groups -OCH3 is 1. The van der Waals surface area contributed by atoms with Crippen LogP contribution >= 0.6 is 0 Å². The third-order valence-corrected chi connectivity index (χ3v) is 4.32. The fraction of sp³-hybridized carbons (Fsp3) is 0.500. The fourth-order valence-electron chi connectivity index (χ4n) is 3.18. The number of benzene rings is 1. The maximum Gasteiger partial charge on any atom is 0.337 e. The van der Waals surface area contributed by atoms with Crippen molar-refractivity contribution in [2.45, 2.75) is 51.6 Å². The predicted octanol–water partition coefficient (Wildman–Crippen LogP) is 2.86. The van der Waals surface area contributed by atoms with Crippen LogP contribution in [0.4, 0.5) is 4.79 Å². The zero-order valence-electron chi connectivity index (χ0n) is 14.4. The molecule has 1 aromatic rings. The number of rotatable bonds is 7. The van der Waals surface area contributed by atoms with Crippen LogP contribution < -0.4 is 5.32 Å². The first-order valence-electron chi connectivity index (χ1n) is 8.28. The summed E-state index contributed by atoms with van der Waals surface area (Å²) >= 11 is 0. The molecule has 24 heavy (non-hydrogen) atoms. The predicted molar refractivity (Wildman–Crippen MR) is 89.4 cm³/mol. The second-order valence-electron chi connectivity index (χ2n) is 6.09. The molecule has 1 fully saturated rings. The molecule has 3 amide bonds. The minimum Gasteiger partial charge on any atom is -0.465 e. The molecule has 1 heterocycles. The quantitative estimate of drug-likeness (QED) is 0.615. The van der Waals surface area contributed by atoms with Crippen LogP contribution in [0.25, 0.3) is 0 Å². The summed E-state index contributed by atoms with van der Waals surface area (Å²) in [5, 5.41) is 2.89. The summed E-state index contributed by atoms with van der Waals surface area (Å²) in [6, 6.07) is 6.37. The fourth-order valence-corrected chi connectivity index (χ4v) is 3.18. The molecular formula is C18H24N2O4. The molecule has 1 aliphatic rings. The number of imide groups is 1. The van der Waals surface area contributed by atoms with Gasteiger partial charge in [-0.15, -0.1) is 0 Å². The number of amides is 3. The number of carbonyl (C=O) groups excluding carboxylic acids is 3. The van der Waals surface area contributed by atoms with E-state index in [0.717, 1.165) is 18.4 Å². The monoisotopic (exact) mass is 332 g/mol. The van der Waals surface area contributed by atoms with E-state index in [1.165, 1.54) is 12.0 Å². The topological polar surface area (TPSA) is 75.7 Å². The number of hydrogen-bond acceptors (Lipinski definition) is 4. The van der Waals surface area contributed by atoms with Crippen LogP contribution in [0.1, 0.15) is 55.5 Å². The van der Waals surface area contributed by atoms with Crippen molar-refractivity contribution in [3.8, 4) is 0 Å². The first-order chi connectivity index (χ1) is 11.5. The van der Waals surface area contributed by atoms with E-state index in [1.54, 1.807) is 24.3 Å². The first-order valence-corrected chi connectivity index (χ1v) is 8.28. The van der Waals surface area contributed by atoms with Gasteiger partial charge in [0, 0.05) is 0 Å². The summed E-state index contributed by atoms with van der Waals surface area (Å²) in [5.74, 6) is -0.574. The molecule has 6 heteroatoms. The zero-order valence-corrected chi connectivity index (χ0v) is 14.4. The van der Waals surface area contributed by atoms with Crippen LogP contribution in [0, 0.1) is 0 Å². The molecule has 1 aliphatic heterocycles. The average Bonchev–Trinajstić information content (AvgIpc) is 2.80. The largest absolute Gasteiger partial charge is 0.465 e. The van der Waals surface area contributed by atoms with Gasteiger partial charge in [0.15, 0.2) is 0 Å². The third kappa shape index (κ3) is 3.42. The van der Waals surface area contributed by atoms with Crippen molar-refractivity contribution in [3.05, 3.63) is 35.4 Å². The smallest absolute Gasteiger partial charge is 0.337 e. The lowest BCUT2D eigenvalue weighted by molar-refractivity contribution is -0.132. The molecule has 1 aromatic carbocycles. The number of carbonyl (C=O) groups is 3. The average molecular weight is 332 g/mol. The molecule has 130 valence electrons. The van der Waals surface area contributed by atoms with Gasteiger partial charge in [-0.25, -0.2) is 9.59 Å². The lowest BCUT2D eigenvalue weighted by Gasteiger charge is -2.25. The third-order valence-electron chi connectivity index (χ3n) is 4.32. The van der Waals surface area contributed by atoms with Gasteiger partial charge in [0.05, 0.1) is 19.2 Å². The second kappa shape index (κ2) is 7.47. The lowest BCUT2D eigenvalue weighted by atomic mass is 9.88. The summed E-state index contributed by atoms with van der Waals surface area (Å²) in [6.07, 6.45) is 2.94. The summed E-state index contributed by atoms with van der Waals surface area (Å²) < 4.78 is 4.66. The van der Waals surface area contributed by atoms with Gasteiger partial charge in [0.25, 0.3) is 5.91 Å². The first kappa shape index (κ1) is 18.0. The minimum atomic E-state index is -0.771. The van der Waals surface area contributed by atoms with Crippen LogP contribution in [0.15, 0.2) is 24.3 Å². The Morgan fingerprint density at radius 3 is 2.21 bits per heavy atom. The molecular weight excluding hydrogens is 308 g/mol. The van der Waals surface area contributed by atoms with Crippen LogP contribution in [-0.2, 0) is 16.1 Å². The molecule has 0 unspecified atom stereocenters. The molecule has 1 N–H and O–H groups in total. The lowest BCUT2D eigenvalue weighted by Crippen LogP contribution is -2.46. The van der Waals surface area contributed by atoms with Gasteiger partial charge in [-0.2, -0.15) is 0 Å². The van der Waals surface area contributed by atoms with Gasteiger partial charge in [0.1, 0.15) is 5.54 Å². The van der Waals surface area contributed by atoms with Crippen molar-refractivity contribution < 1.29 is 19.1 Å². The number of ether oxygens (including phenoxy) is 1. The molecule has 0 aromatic heterocycles. The Hall–Kier alpha value is -2.37. The molecule has 0 saturated carbocycles. The Morgan fingerprint density at radius 1 is 1.12 bits per heavy atom. The highest BCUT2D eigenvalue weighted by atomic mass is 16.5. The highest BCUT2D eigenvalue weighted by molar-refractivity contribution is 6.07. The maximum absolute atomic E-state index is 12.8. The Labute approximate surface area is 142 Å². The van der Waals surface area contributed by atoms with Crippen molar-refractivity contribution in [1.82, 2.24) is 10.2 Å². The Bertz CT molecular complexity index is 618. The van der Waals surface area contributed by atoms with E-state index < -0.39 is 11.5 Å². The highest BCUT2D eigenvalue weighted by Gasteiger charge is 2.49. The molecule has 0 spiro atoms. The molecule has 0 atom stereocenters. The van der Waals surface area contributed by atoms with Crippen molar-refractivity contribution in [2.24, 2.45) is 0 Å². The van der Waals surface area contributed by atoms with E-state index in [9.17, 15) is 14.4 Å². The molecule has 1 saturated heterocycles. The minimum absolute atomic E-state index is 0.159. The number of esters is 1. The van der Waals surface area contributed by atoms with Gasteiger partial charge in [-0.05, 0) is 30.5 Å². The Balaban J connectivity index is 2.16. The normalized spacial score (nSPS) is 16.2. The number of nitrogens with zero attached hydrogens (tertiary/aromatic N) is 1. The molecule has 2 rings (SSSR count). The molecule has 0 bridgehead atoms. The van der Waals surface area contributed by atoms with Crippen LogP contribution in [0.2, 0.25) is 0 Å². The summed E-state index contributed by atoms with van der Waals surface area (Å²) in [6.45, 7) is 4.21. The van der Waals surface area contributed by atoms with E-state index >= 15 is 0 Å². The number of urea groups is 1. The van der Waals surface area contributed by atoms with Crippen LogP contribution in [0.3, 0.4) is 0 Å². The highest BCUT2D eigenvalue weighted by Crippen LogP contribution is 2.29. The van der Waals surface area contributed by atoms with Crippen LogP contribution in [-0.4, -0.2) is 35.5 Å².